The lowest BCUT2D eigenvalue weighted by atomic mass is 10.1. The van der Waals surface area contributed by atoms with Gasteiger partial charge in [0.1, 0.15) is 0 Å². The van der Waals surface area contributed by atoms with Gasteiger partial charge in [-0.3, -0.25) is 4.79 Å². The number of carboxylic acids is 1. The molecule has 0 amide bonds. The molecule has 0 aliphatic heterocycles. The van der Waals surface area contributed by atoms with Crippen molar-refractivity contribution in [2.75, 3.05) is 7.11 Å². The highest BCUT2D eigenvalue weighted by molar-refractivity contribution is 5.70. The van der Waals surface area contributed by atoms with Crippen LogP contribution in [0.1, 0.15) is 5.56 Å². The molecule has 0 saturated carbocycles. The van der Waals surface area contributed by atoms with Crippen LogP contribution >= 0.6 is 0 Å². The molecule has 1 rings (SSSR count). The normalized spacial score (nSPS) is 9.13. The molecule has 15 heavy (non-hydrogen) atoms. The first-order valence-electron chi connectivity index (χ1n) is 3.81. The van der Waals surface area contributed by atoms with E-state index >= 15 is 0 Å². The number of hydrogen-bond acceptors (Lipinski definition) is 2. The molecule has 1 aromatic rings. The zero-order valence-electron chi connectivity index (χ0n) is 7.80. The fourth-order valence-corrected chi connectivity index (χ4v) is 0.865. The molecule has 0 aliphatic carbocycles. The minimum absolute atomic E-state index is 0.369. The van der Waals surface area contributed by atoms with Gasteiger partial charge in [0.05, 0.1) is 6.42 Å². The smallest absolute Gasteiger partial charge is 0.307 e. The van der Waals surface area contributed by atoms with Crippen molar-refractivity contribution in [3.8, 4) is 0 Å². The lowest BCUT2D eigenvalue weighted by Gasteiger charge is -2.00. The fourth-order valence-electron chi connectivity index (χ4n) is 0.865. The van der Waals surface area contributed by atoms with Crippen molar-refractivity contribution in [3.05, 3.63) is 35.1 Å². The number of aliphatic hydroxyl groups excluding tert-OH is 1. The van der Waals surface area contributed by atoms with Gasteiger partial charge in [0.15, 0.2) is 17.5 Å². The van der Waals surface area contributed by atoms with Crippen LogP contribution < -0.4 is 0 Å². The fraction of sp³-hybridized carbons (Fsp3) is 0.222. The Hall–Kier alpha value is -1.56. The summed E-state index contributed by atoms with van der Waals surface area (Å²) in [6.07, 6.45) is -0.664. The molecule has 0 unspecified atom stereocenters. The number of carbonyl (C=O) groups is 1. The molecule has 0 radical (unpaired) electrons. The first-order valence-corrected chi connectivity index (χ1v) is 3.81. The third-order valence-electron chi connectivity index (χ3n) is 1.46. The van der Waals surface area contributed by atoms with Crippen molar-refractivity contribution >= 4 is 5.97 Å². The topological polar surface area (TPSA) is 57.5 Å². The van der Waals surface area contributed by atoms with Crippen molar-refractivity contribution < 1.29 is 28.2 Å². The summed E-state index contributed by atoms with van der Waals surface area (Å²) in [6.45, 7) is 0. The van der Waals surface area contributed by atoms with Crippen molar-refractivity contribution in [1.82, 2.24) is 0 Å². The molecule has 0 fully saturated rings. The van der Waals surface area contributed by atoms with E-state index in [0.717, 1.165) is 13.2 Å². The minimum Gasteiger partial charge on any atom is -0.481 e. The Balaban J connectivity index is 0.000000921. The third-order valence-corrected chi connectivity index (χ3v) is 1.46. The molecule has 0 heterocycles. The molecule has 0 spiro atoms. The lowest BCUT2D eigenvalue weighted by Crippen LogP contribution is -2.05. The summed E-state index contributed by atoms with van der Waals surface area (Å²) in [5.74, 6) is -5.71. The van der Waals surface area contributed by atoms with E-state index in [1.165, 1.54) is 0 Å². The van der Waals surface area contributed by atoms with Gasteiger partial charge >= 0.3 is 5.97 Å². The van der Waals surface area contributed by atoms with Gasteiger partial charge in [-0.25, -0.2) is 13.2 Å². The predicted molar refractivity (Wildman–Crippen MR) is 45.8 cm³/mol. The van der Waals surface area contributed by atoms with Gasteiger partial charge in [0, 0.05) is 12.7 Å². The Bertz CT molecular complexity index is 353. The molecule has 2 N–H and O–H groups in total. The maximum Gasteiger partial charge on any atom is 0.307 e. The van der Waals surface area contributed by atoms with E-state index in [1.54, 1.807) is 0 Å². The highest BCUT2D eigenvalue weighted by Crippen LogP contribution is 2.15. The molecule has 0 aliphatic rings. The number of aliphatic hydroxyl groups is 1. The first-order chi connectivity index (χ1) is 7.02. The number of rotatable bonds is 2. The molecule has 1 aromatic carbocycles. The van der Waals surface area contributed by atoms with E-state index in [1.807, 2.05) is 0 Å². The number of halogens is 3. The summed E-state index contributed by atoms with van der Waals surface area (Å²) in [5, 5.41) is 15.3. The standard InChI is InChI=1S/C8H5F3O2.CH4O/c9-5-2-1-4(3-6(12)13)7(10)8(5)11;1-2/h1-2H,3H2,(H,12,13);2H,1H3. The number of carboxylic acid groups (broad SMARTS) is 1. The van der Waals surface area contributed by atoms with E-state index in [4.69, 9.17) is 10.2 Å². The summed E-state index contributed by atoms with van der Waals surface area (Å²) in [7, 11) is 1.00. The second-order valence-corrected chi connectivity index (χ2v) is 2.40. The van der Waals surface area contributed by atoms with Crippen molar-refractivity contribution in [3.63, 3.8) is 0 Å². The van der Waals surface area contributed by atoms with Crippen molar-refractivity contribution in [2.24, 2.45) is 0 Å². The van der Waals surface area contributed by atoms with Crippen molar-refractivity contribution in [2.45, 2.75) is 6.42 Å². The summed E-state index contributed by atoms with van der Waals surface area (Å²) in [5.41, 5.74) is -0.369. The minimum atomic E-state index is -1.64. The highest BCUT2D eigenvalue weighted by atomic mass is 19.2. The van der Waals surface area contributed by atoms with Crippen LogP contribution in [0.25, 0.3) is 0 Å². The maximum atomic E-state index is 12.7. The second-order valence-electron chi connectivity index (χ2n) is 2.40. The van der Waals surface area contributed by atoms with Gasteiger partial charge in [-0.1, -0.05) is 6.07 Å². The number of aliphatic carboxylic acids is 1. The van der Waals surface area contributed by atoms with Crippen LogP contribution in [0.2, 0.25) is 0 Å². The van der Waals surface area contributed by atoms with Crippen LogP contribution in [-0.2, 0) is 11.2 Å². The zero-order valence-corrected chi connectivity index (χ0v) is 7.80. The summed E-state index contributed by atoms with van der Waals surface area (Å²) in [6, 6.07) is 1.60. The van der Waals surface area contributed by atoms with Gasteiger partial charge in [-0.15, -0.1) is 0 Å². The maximum absolute atomic E-state index is 12.7. The molecular formula is C9H9F3O3. The lowest BCUT2D eigenvalue weighted by molar-refractivity contribution is -0.136. The summed E-state index contributed by atoms with van der Waals surface area (Å²) in [4.78, 5) is 10.1. The molecule has 0 saturated heterocycles. The zero-order chi connectivity index (χ0) is 12.0. The van der Waals surface area contributed by atoms with Crippen LogP contribution in [0.15, 0.2) is 12.1 Å². The van der Waals surface area contributed by atoms with Crippen LogP contribution in [0.3, 0.4) is 0 Å². The quantitative estimate of drug-likeness (QED) is 0.742. The van der Waals surface area contributed by atoms with E-state index in [9.17, 15) is 18.0 Å². The summed E-state index contributed by atoms with van der Waals surface area (Å²) < 4.78 is 37.6. The van der Waals surface area contributed by atoms with Crippen LogP contribution in [0, 0.1) is 17.5 Å². The predicted octanol–water partition coefficient (Wildman–Crippen LogP) is 1.34. The van der Waals surface area contributed by atoms with Crippen LogP contribution in [0.5, 0.6) is 0 Å². The molecule has 3 nitrogen and oxygen atoms in total. The van der Waals surface area contributed by atoms with Crippen molar-refractivity contribution in [1.29, 1.82) is 0 Å². The molecular weight excluding hydrogens is 213 g/mol. The second kappa shape index (κ2) is 6.02. The molecule has 0 bridgehead atoms. The largest absolute Gasteiger partial charge is 0.481 e. The Morgan fingerprint density at radius 1 is 1.20 bits per heavy atom. The Morgan fingerprint density at radius 3 is 2.20 bits per heavy atom. The number of hydrogen-bond donors (Lipinski definition) is 2. The first kappa shape index (κ1) is 13.4. The monoisotopic (exact) mass is 222 g/mol. The van der Waals surface area contributed by atoms with E-state index in [-0.39, 0.29) is 5.56 Å². The Morgan fingerprint density at radius 2 is 1.73 bits per heavy atom. The molecule has 6 heteroatoms. The van der Waals surface area contributed by atoms with Crippen LogP contribution in [-0.4, -0.2) is 23.3 Å². The molecule has 0 aromatic heterocycles. The molecule has 0 atom stereocenters. The van der Waals surface area contributed by atoms with E-state index < -0.39 is 29.8 Å². The SMILES string of the molecule is CO.O=C(O)Cc1ccc(F)c(F)c1F. The average Bonchev–Trinajstić information content (AvgIpc) is 2.22. The van der Waals surface area contributed by atoms with E-state index in [2.05, 4.69) is 0 Å². The Labute approximate surface area is 83.8 Å². The third kappa shape index (κ3) is 3.59. The van der Waals surface area contributed by atoms with Gasteiger partial charge in [0.2, 0.25) is 0 Å². The van der Waals surface area contributed by atoms with Gasteiger partial charge in [-0.05, 0) is 6.07 Å². The van der Waals surface area contributed by atoms with E-state index in [0.29, 0.717) is 6.07 Å². The highest BCUT2D eigenvalue weighted by Gasteiger charge is 2.14. The summed E-state index contributed by atoms with van der Waals surface area (Å²) >= 11 is 0. The van der Waals surface area contributed by atoms with Gasteiger partial charge in [-0.2, -0.15) is 0 Å². The van der Waals surface area contributed by atoms with Gasteiger partial charge < -0.3 is 10.2 Å². The number of benzene rings is 1. The Kier molecular flexibility index (Phi) is 5.40. The van der Waals surface area contributed by atoms with Crippen LogP contribution in [0.4, 0.5) is 13.2 Å². The molecule has 84 valence electrons. The van der Waals surface area contributed by atoms with Gasteiger partial charge in [0.25, 0.3) is 0 Å². The average molecular weight is 222 g/mol.